The third-order valence-corrected chi connectivity index (χ3v) is 3.64. The minimum Gasteiger partial charge on any atom is -0.480 e. The summed E-state index contributed by atoms with van der Waals surface area (Å²) in [5, 5.41) is 9.03. The number of carboxylic acid groups (broad SMARTS) is 1. The van der Waals surface area contributed by atoms with Gasteiger partial charge in [0.1, 0.15) is 6.04 Å². The Labute approximate surface area is 119 Å². The molecule has 0 aliphatic carbocycles. The average Bonchev–Trinajstić information content (AvgIpc) is 2.87. The van der Waals surface area contributed by atoms with E-state index in [4.69, 9.17) is 5.11 Å². The molecule has 0 saturated carbocycles. The SMILES string of the molecule is O=C(O)[C@H]1CCCN1C(=O)C=Cc1ccc(Br)cc1. The van der Waals surface area contributed by atoms with Gasteiger partial charge in [0.15, 0.2) is 0 Å². The Bertz CT molecular complexity index is 510. The molecule has 1 saturated heterocycles. The molecule has 1 aromatic rings. The second-order valence-electron chi connectivity index (χ2n) is 4.41. The van der Waals surface area contributed by atoms with Gasteiger partial charge in [-0.3, -0.25) is 4.79 Å². The molecule has 1 amide bonds. The van der Waals surface area contributed by atoms with Crippen LogP contribution in [-0.2, 0) is 9.59 Å². The van der Waals surface area contributed by atoms with Crippen molar-refractivity contribution in [3.05, 3.63) is 40.4 Å². The number of nitrogens with zero attached hydrogens (tertiary/aromatic N) is 1. The molecular formula is C14H14BrNO3. The second kappa shape index (κ2) is 6.02. The van der Waals surface area contributed by atoms with E-state index in [0.717, 1.165) is 16.5 Å². The summed E-state index contributed by atoms with van der Waals surface area (Å²) in [5.74, 6) is -1.17. The van der Waals surface area contributed by atoms with Gasteiger partial charge in [-0.05, 0) is 36.6 Å². The van der Waals surface area contributed by atoms with Crippen LogP contribution < -0.4 is 0 Å². The lowest BCUT2D eigenvalue weighted by atomic mass is 10.2. The number of rotatable bonds is 3. The third-order valence-electron chi connectivity index (χ3n) is 3.11. The van der Waals surface area contributed by atoms with Crippen LogP contribution in [0.1, 0.15) is 18.4 Å². The molecular weight excluding hydrogens is 310 g/mol. The largest absolute Gasteiger partial charge is 0.480 e. The molecule has 4 nitrogen and oxygen atoms in total. The summed E-state index contributed by atoms with van der Waals surface area (Å²) in [4.78, 5) is 24.4. The molecule has 0 bridgehead atoms. The van der Waals surface area contributed by atoms with E-state index in [1.807, 2.05) is 24.3 Å². The van der Waals surface area contributed by atoms with Crippen molar-refractivity contribution in [2.45, 2.75) is 18.9 Å². The molecule has 0 aromatic heterocycles. The summed E-state index contributed by atoms with van der Waals surface area (Å²) < 4.78 is 0.974. The number of carboxylic acids is 1. The fraction of sp³-hybridized carbons (Fsp3) is 0.286. The van der Waals surface area contributed by atoms with Gasteiger partial charge in [0, 0.05) is 17.1 Å². The van der Waals surface area contributed by atoms with E-state index in [9.17, 15) is 9.59 Å². The fourth-order valence-electron chi connectivity index (χ4n) is 2.12. The fourth-order valence-corrected chi connectivity index (χ4v) is 2.39. The lowest BCUT2D eigenvalue weighted by molar-refractivity contribution is -0.146. The Balaban J connectivity index is 2.04. The number of halogens is 1. The van der Waals surface area contributed by atoms with Crippen molar-refractivity contribution in [2.75, 3.05) is 6.54 Å². The molecule has 1 fully saturated rings. The van der Waals surface area contributed by atoms with Crippen LogP contribution in [0.15, 0.2) is 34.8 Å². The number of aliphatic carboxylic acids is 1. The van der Waals surface area contributed by atoms with E-state index in [1.165, 1.54) is 11.0 Å². The summed E-state index contributed by atoms with van der Waals surface area (Å²) in [6.07, 6.45) is 4.42. The lowest BCUT2D eigenvalue weighted by Gasteiger charge is -2.19. The predicted molar refractivity (Wildman–Crippen MR) is 75.5 cm³/mol. The number of amides is 1. The molecule has 0 radical (unpaired) electrons. The molecule has 0 unspecified atom stereocenters. The zero-order valence-corrected chi connectivity index (χ0v) is 11.8. The molecule has 1 heterocycles. The zero-order valence-electron chi connectivity index (χ0n) is 10.3. The van der Waals surface area contributed by atoms with Crippen LogP contribution in [0.3, 0.4) is 0 Å². The minimum absolute atomic E-state index is 0.243. The Morgan fingerprint density at radius 3 is 2.63 bits per heavy atom. The van der Waals surface area contributed by atoms with Crippen molar-refractivity contribution in [3.63, 3.8) is 0 Å². The maximum Gasteiger partial charge on any atom is 0.326 e. The Morgan fingerprint density at radius 2 is 2.00 bits per heavy atom. The molecule has 19 heavy (non-hydrogen) atoms. The summed E-state index contributed by atoms with van der Waals surface area (Å²) in [5.41, 5.74) is 0.905. The highest BCUT2D eigenvalue weighted by molar-refractivity contribution is 9.10. The van der Waals surface area contributed by atoms with Gasteiger partial charge in [-0.2, -0.15) is 0 Å². The number of likely N-dealkylation sites (tertiary alicyclic amines) is 1. The van der Waals surface area contributed by atoms with Crippen LogP contribution in [0.4, 0.5) is 0 Å². The average molecular weight is 324 g/mol. The van der Waals surface area contributed by atoms with Gasteiger partial charge in [-0.15, -0.1) is 0 Å². The first-order valence-corrected chi connectivity index (χ1v) is 6.84. The lowest BCUT2D eigenvalue weighted by Crippen LogP contribution is -2.39. The number of carbonyl (C=O) groups excluding carboxylic acids is 1. The van der Waals surface area contributed by atoms with Gasteiger partial charge in [0.05, 0.1) is 0 Å². The van der Waals surface area contributed by atoms with E-state index in [1.54, 1.807) is 6.08 Å². The van der Waals surface area contributed by atoms with Crippen molar-refractivity contribution >= 4 is 33.9 Å². The first-order valence-electron chi connectivity index (χ1n) is 6.05. The molecule has 0 spiro atoms. The number of carbonyl (C=O) groups is 2. The summed E-state index contributed by atoms with van der Waals surface area (Å²) in [7, 11) is 0. The van der Waals surface area contributed by atoms with Gasteiger partial charge in [-0.25, -0.2) is 4.79 Å². The summed E-state index contributed by atoms with van der Waals surface area (Å²) >= 11 is 3.34. The van der Waals surface area contributed by atoms with Gasteiger partial charge < -0.3 is 10.0 Å². The van der Waals surface area contributed by atoms with Crippen LogP contribution in [-0.4, -0.2) is 34.5 Å². The van der Waals surface area contributed by atoms with Gasteiger partial charge in [0.25, 0.3) is 0 Å². The van der Waals surface area contributed by atoms with E-state index >= 15 is 0 Å². The highest BCUT2D eigenvalue weighted by Crippen LogP contribution is 2.18. The molecule has 1 N–H and O–H groups in total. The van der Waals surface area contributed by atoms with Crippen LogP contribution in [0.25, 0.3) is 6.08 Å². The van der Waals surface area contributed by atoms with Crippen molar-refractivity contribution in [1.29, 1.82) is 0 Å². The normalized spacial score (nSPS) is 19.0. The van der Waals surface area contributed by atoms with E-state index in [-0.39, 0.29) is 5.91 Å². The van der Waals surface area contributed by atoms with E-state index < -0.39 is 12.0 Å². The number of benzene rings is 1. The van der Waals surface area contributed by atoms with Gasteiger partial charge >= 0.3 is 5.97 Å². The van der Waals surface area contributed by atoms with Crippen molar-refractivity contribution in [1.82, 2.24) is 4.90 Å². The molecule has 1 aliphatic heterocycles. The van der Waals surface area contributed by atoms with E-state index in [2.05, 4.69) is 15.9 Å². The third kappa shape index (κ3) is 3.44. The van der Waals surface area contributed by atoms with Crippen molar-refractivity contribution in [2.24, 2.45) is 0 Å². The van der Waals surface area contributed by atoms with Gasteiger partial charge in [0.2, 0.25) is 5.91 Å². The first-order chi connectivity index (χ1) is 9.08. The number of hydrogen-bond donors (Lipinski definition) is 1. The highest BCUT2D eigenvalue weighted by Gasteiger charge is 2.32. The Kier molecular flexibility index (Phi) is 4.37. The molecule has 1 aromatic carbocycles. The second-order valence-corrected chi connectivity index (χ2v) is 5.33. The van der Waals surface area contributed by atoms with Crippen LogP contribution in [0.5, 0.6) is 0 Å². The summed E-state index contributed by atoms with van der Waals surface area (Å²) in [6, 6.07) is 6.86. The predicted octanol–water partition coefficient (Wildman–Crippen LogP) is 2.54. The molecule has 2 rings (SSSR count). The summed E-state index contributed by atoms with van der Waals surface area (Å²) in [6.45, 7) is 0.514. The van der Waals surface area contributed by atoms with E-state index in [0.29, 0.717) is 13.0 Å². The number of hydrogen-bond acceptors (Lipinski definition) is 2. The molecule has 1 atom stereocenters. The van der Waals surface area contributed by atoms with Crippen LogP contribution in [0, 0.1) is 0 Å². The monoisotopic (exact) mass is 323 g/mol. The minimum atomic E-state index is -0.928. The Morgan fingerprint density at radius 1 is 1.32 bits per heavy atom. The maximum atomic E-state index is 12.0. The van der Waals surface area contributed by atoms with Crippen molar-refractivity contribution in [3.8, 4) is 0 Å². The molecule has 100 valence electrons. The van der Waals surface area contributed by atoms with Crippen LogP contribution in [0.2, 0.25) is 0 Å². The Hall–Kier alpha value is -1.62. The maximum absolute atomic E-state index is 12.0. The quantitative estimate of drug-likeness (QED) is 0.870. The highest BCUT2D eigenvalue weighted by atomic mass is 79.9. The molecule has 1 aliphatic rings. The van der Waals surface area contributed by atoms with Crippen LogP contribution >= 0.6 is 15.9 Å². The van der Waals surface area contributed by atoms with Crippen molar-refractivity contribution < 1.29 is 14.7 Å². The van der Waals surface area contributed by atoms with Gasteiger partial charge in [-0.1, -0.05) is 28.1 Å². The topological polar surface area (TPSA) is 57.6 Å². The zero-order chi connectivity index (χ0) is 13.8. The standard InChI is InChI=1S/C14H14BrNO3/c15-11-6-3-10(4-7-11)5-8-13(17)16-9-1-2-12(16)14(18)19/h3-8,12H,1-2,9H2,(H,18,19)/t12-/m1/s1. The molecule has 5 heteroatoms. The first kappa shape index (κ1) is 13.8. The smallest absolute Gasteiger partial charge is 0.326 e.